The molecule has 1 aliphatic heterocycles. The Kier molecular flexibility index (Phi) is 3.89. The van der Waals surface area contributed by atoms with Crippen molar-refractivity contribution in [2.24, 2.45) is 0 Å². The lowest BCUT2D eigenvalue weighted by Crippen LogP contribution is -2.45. The van der Waals surface area contributed by atoms with Crippen LogP contribution in [0.25, 0.3) is 0 Å². The molecule has 1 aromatic rings. The van der Waals surface area contributed by atoms with Crippen molar-refractivity contribution in [2.75, 3.05) is 25.0 Å². The zero-order valence-corrected chi connectivity index (χ0v) is 10.1. The van der Waals surface area contributed by atoms with Gasteiger partial charge in [-0.25, -0.2) is 0 Å². The Balaban J connectivity index is 2.26. The van der Waals surface area contributed by atoms with Gasteiger partial charge < -0.3 is 10.2 Å². The van der Waals surface area contributed by atoms with Gasteiger partial charge in [-0.3, -0.25) is 0 Å². The Morgan fingerprint density at radius 1 is 1.59 bits per heavy atom. The number of nitrogens with one attached hydrogen (secondary N) is 1. The van der Waals surface area contributed by atoms with E-state index < -0.39 is 0 Å². The van der Waals surface area contributed by atoms with Crippen molar-refractivity contribution in [3.05, 3.63) is 17.8 Å². The van der Waals surface area contributed by atoms with Gasteiger partial charge in [-0.1, -0.05) is 0 Å². The molecule has 17 heavy (non-hydrogen) atoms. The monoisotopic (exact) mass is 231 g/mol. The largest absolute Gasteiger partial charge is 0.350 e. The molecule has 0 amide bonds. The van der Waals surface area contributed by atoms with Crippen LogP contribution < -0.4 is 10.2 Å². The normalized spacial score (nSPS) is 20.0. The van der Waals surface area contributed by atoms with Crippen LogP contribution in [0.1, 0.15) is 24.8 Å². The van der Waals surface area contributed by atoms with Gasteiger partial charge in [0, 0.05) is 19.1 Å². The van der Waals surface area contributed by atoms with E-state index in [1.807, 2.05) is 7.05 Å². The van der Waals surface area contributed by atoms with Gasteiger partial charge in [0.05, 0.1) is 11.8 Å². The van der Waals surface area contributed by atoms with Gasteiger partial charge in [0.25, 0.3) is 0 Å². The highest BCUT2D eigenvalue weighted by Crippen LogP contribution is 2.24. The van der Waals surface area contributed by atoms with Crippen LogP contribution in [0.3, 0.4) is 0 Å². The molecule has 1 aromatic heterocycles. The molecule has 1 N–H and O–H groups in total. The maximum Gasteiger partial charge on any atom is 0.169 e. The zero-order valence-electron chi connectivity index (χ0n) is 10.1. The predicted octanol–water partition coefficient (Wildman–Crippen LogP) is 0.927. The van der Waals surface area contributed by atoms with Crippen LogP contribution in [0.5, 0.6) is 0 Å². The number of anilines is 1. The number of piperidine rings is 1. The van der Waals surface area contributed by atoms with E-state index in [9.17, 15) is 0 Å². The van der Waals surface area contributed by atoms with Crippen LogP contribution in [0, 0.1) is 11.3 Å². The number of rotatable bonds is 3. The van der Waals surface area contributed by atoms with E-state index in [1.54, 1.807) is 12.3 Å². The summed E-state index contributed by atoms with van der Waals surface area (Å²) in [7, 11) is 1.95. The molecule has 5 heteroatoms. The highest BCUT2D eigenvalue weighted by molar-refractivity contribution is 5.53. The third-order valence-electron chi connectivity index (χ3n) is 3.16. The fourth-order valence-electron chi connectivity index (χ4n) is 2.35. The quantitative estimate of drug-likeness (QED) is 0.838. The fourth-order valence-corrected chi connectivity index (χ4v) is 2.35. The van der Waals surface area contributed by atoms with E-state index in [0.717, 1.165) is 31.7 Å². The third-order valence-corrected chi connectivity index (χ3v) is 3.16. The zero-order chi connectivity index (χ0) is 12.1. The fraction of sp³-hybridized carbons (Fsp3) is 0.583. The van der Waals surface area contributed by atoms with E-state index in [1.165, 1.54) is 6.42 Å². The lowest BCUT2D eigenvalue weighted by Gasteiger charge is -2.36. The Morgan fingerprint density at radius 2 is 2.47 bits per heavy atom. The summed E-state index contributed by atoms with van der Waals surface area (Å²) in [5, 5.41) is 20.3. The molecule has 2 rings (SSSR count). The summed E-state index contributed by atoms with van der Waals surface area (Å²) >= 11 is 0. The third kappa shape index (κ3) is 2.53. The maximum absolute atomic E-state index is 9.11. The predicted molar refractivity (Wildman–Crippen MR) is 65.7 cm³/mol. The molecule has 0 radical (unpaired) electrons. The van der Waals surface area contributed by atoms with Crippen molar-refractivity contribution >= 4 is 5.82 Å². The summed E-state index contributed by atoms with van der Waals surface area (Å²) in [6, 6.07) is 4.33. The second-order valence-electron chi connectivity index (χ2n) is 4.28. The van der Waals surface area contributed by atoms with Crippen LogP contribution in [-0.2, 0) is 0 Å². The maximum atomic E-state index is 9.11. The number of nitriles is 1. The standard InChI is InChI=1S/C12H17N5/c1-14-9-11-4-2-3-7-17(11)12-10(8-13)5-6-15-16-12/h5-6,11,14H,2-4,7,9H2,1H3. The minimum absolute atomic E-state index is 0.414. The van der Waals surface area contributed by atoms with Crippen molar-refractivity contribution in [3.63, 3.8) is 0 Å². The lowest BCUT2D eigenvalue weighted by atomic mass is 10.0. The molecule has 90 valence electrons. The van der Waals surface area contributed by atoms with Crippen molar-refractivity contribution in [1.82, 2.24) is 15.5 Å². The molecule has 5 nitrogen and oxygen atoms in total. The summed E-state index contributed by atoms with van der Waals surface area (Å²) in [4.78, 5) is 2.21. The first kappa shape index (κ1) is 11.8. The van der Waals surface area contributed by atoms with Crippen LogP contribution in [-0.4, -0.2) is 36.4 Å². The Bertz CT molecular complexity index is 410. The molecule has 1 saturated heterocycles. The topological polar surface area (TPSA) is 64.8 Å². The molecule has 0 spiro atoms. The number of aromatic nitrogens is 2. The molecule has 1 fully saturated rings. The highest BCUT2D eigenvalue weighted by Gasteiger charge is 2.25. The van der Waals surface area contributed by atoms with Crippen molar-refractivity contribution in [1.29, 1.82) is 5.26 Å². The Hall–Kier alpha value is -1.67. The lowest BCUT2D eigenvalue weighted by molar-refractivity contribution is 0.442. The number of hydrogen-bond donors (Lipinski definition) is 1. The first-order chi connectivity index (χ1) is 8.36. The van der Waals surface area contributed by atoms with Gasteiger partial charge in [0.15, 0.2) is 5.82 Å². The molecule has 1 unspecified atom stereocenters. The second-order valence-corrected chi connectivity index (χ2v) is 4.28. The van der Waals surface area contributed by atoms with Crippen molar-refractivity contribution in [3.8, 4) is 6.07 Å². The number of likely N-dealkylation sites (N-methyl/N-ethyl adjacent to an activating group) is 1. The molecule has 2 heterocycles. The molecule has 0 saturated carbocycles. The molecule has 0 aliphatic carbocycles. The van der Waals surface area contributed by atoms with Crippen LogP contribution in [0.4, 0.5) is 5.82 Å². The van der Waals surface area contributed by atoms with E-state index in [0.29, 0.717) is 11.6 Å². The second kappa shape index (κ2) is 5.60. The number of hydrogen-bond acceptors (Lipinski definition) is 5. The summed E-state index contributed by atoms with van der Waals surface area (Å²) < 4.78 is 0. The average Bonchev–Trinajstić information content (AvgIpc) is 2.40. The first-order valence-electron chi connectivity index (χ1n) is 6.00. The summed E-state index contributed by atoms with van der Waals surface area (Å²) in [5.41, 5.74) is 0.614. The smallest absolute Gasteiger partial charge is 0.169 e. The van der Waals surface area contributed by atoms with Crippen LogP contribution in [0.2, 0.25) is 0 Å². The first-order valence-corrected chi connectivity index (χ1v) is 6.00. The van der Waals surface area contributed by atoms with Crippen molar-refractivity contribution in [2.45, 2.75) is 25.3 Å². The SMILES string of the molecule is CNCC1CCCCN1c1nnccc1C#N. The van der Waals surface area contributed by atoms with Gasteiger partial charge in [0.1, 0.15) is 6.07 Å². The Labute approximate surface area is 101 Å². The van der Waals surface area contributed by atoms with Crippen molar-refractivity contribution < 1.29 is 0 Å². The van der Waals surface area contributed by atoms with E-state index in [4.69, 9.17) is 5.26 Å². The number of nitrogens with zero attached hydrogens (tertiary/aromatic N) is 4. The molecular weight excluding hydrogens is 214 g/mol. The van der Waals surface area contributed by atoms with Gasteiger partial charge in [-0.2, -0.15) is 10.4 Å². The van der Waals surface area contributed by atoms with Gasteiger partial charge >= 0.3 is 0 Å². The molecule has 1 aliphatic rings. The van der Waals surface area contributed by atoms with Crippen LogP contribution in [0.15, 0.2) is 12.3 Å². The Morgan fingerprint density at radius 3 is 3.24 bits per heavy atom. The minimum Gasteiger partial charge on any atom is -0.350 e. The average molecular weight is 231 g/mol. The van der Waals surface area contributed by atoms with Gasteiger partial charge in [-0.15, -0.1) is 5.10 Å². The van der Waals surface area contributed by atoms with Gasteiger partial charge in [-0.05, 0) is 32.4 Å². The van der Waals surface area contributed by atoms with Crippen LogP contribution >= 0.6 is 0 Å². The molecule has 0 aromatic carbocycles. The van der Waals surface area contributed by atoms with E-state index in [2.05, 4.69) is 26.5 Å². The molecular formula is C12H17N5. The minimum atomic E-state index is 0.414. The molecule has 1 atom stereocenters. The van der Waals surface area contributed by atoms with E-state index in [-0.39, 0.29) is 0 Å². The van der Waals surface area contributed by atoms with Gasteiger partial charge in [0.2, 0.25) is 0 Å². The van der Waals surface area contributed by atoms with E-state index >= 15 is 0 Å². The summed E-state index contributed by atoms with van der Waals surface area (Å²) in [6.07, 6.45) is 5.11. The summed E-state index contributed by atoms with van der Waals surface area (Å²) in [5.74, 6) is 0.731. The summed E-state index contributed by atoms with van der Waals surface area (Å²) in [6.45, 7) is 1.88. The highest BCUT2D eigenvalue weighted by atomic mass is 15.3. The molecule has 0 bridgehead atoms.